The molecule has 8 nitrogen and oxygen atoms in total. The molecule has 1 heterocycles. The first-order valence-corrected chi connectivity index (χ1v) is 6.41. The fraction of sp³-hybridized carbons (Fsp3) is 0. The van der Waals surface area contributed by atoms with Crippen molar-refractivity contribution in [3.8, 4) is 12.1 Å². The van der Waals surface area contributed by atoms with Gasteiger partial charge in [0.25, 0.3) is 11.0 Å². The minimum absolute atomic E-state index is 0.0304. The Bertz CT molecular complexity index is 1180. The third kappa shape index (κ3) is 1.82. The summed E-state index contributed by atoms with van der Waals surface area (Å²) < 4.78 is 0.840. The van der Waals surface area contributed by atoms with Crippen LogP contribution in [-0.2, 0) is 0 Å². The van der Waals surface area contributed by atoms with E-state index in [0.29, 0.717) is 9.16 Å². The predicted molar refractivity (Wildman–Crippen MR) is 83.5 cm³/mol. The Morgan fingerprint density at radius 1 is 0.958 bits per heavy atom. The van der Waals surface area contributed by atoms with E-state index in [-0.39, 0.29) is 44.6 Å². The van der Waals surface area contributed by atoms with Gasteiger partial charge in [0.2, 0.25) is 5.69 Å². The highest BCUT2D eigenvalue weighted by Crippen LogP contribution is 2.33. The van der Waals surface area contributed by atoms with E-state index in [9.17, 15) is 10.1 Å². The zero-order valence-electron chi connectivity index (χ0n) is 11.8. The Kier molecular flexibility index (Phi) is 3.09. The van der Waals surface area contributed by atoms with Crippen LogP contribution >= 0.6 is 0 Å². The van der Waals surface area contributed by atoms with Gasteiger partial charge in [-0.2, -0.15) is 10.5 Å². The molecule has 0 atom stereocenters. The molecular weight excluding hydrogens is 308 g/mol. The van der Waals surface area contributed by atoms with Gasteiger partial charge in [-0.05, 0) is 12.1 Å². The summed E-state index contributed by atoms with van der Waals surface area (Å²) in [6.45, 7) is 14.1. The van der Waals surface area contributed by atoms with Crippen LogP contribution < -0.4 is 4.43 Å². The maximum absolute atomic E-state index is 12.6. The highest BCUT2D eigenvalue weighted by Gasteiger charge is 2.20. The molecule has 0 spiro atoms. The van der Waals surface area contributed by atoms with Gasteiger partial charge < -0.3 is 9.94 Å². The van der Waals surface area contributed by atoms with E-state index in [0.717, 1.165) is 12.1 Å². The molecule has 3 aromatic rings. The summed E-state index contributed by atoms with van der Waals surface area (Å²) in [6, 6.07) is 8.26. The number of nitrogens with zero attached hydrogens (tertiary/aromatic N) is 6. The molecule has 1 aromatic heterocycles. The lowest BCUT2D eigenvalue weighted by molar-refractivity contribution is -0.432. The summed E-state index contributed by atoms with van der Waals surface area (Å²) in [6.07, 6.45) is 0. The molecule has 0 bridgehead atoms. The summed E-state index contributed by atoms with van der Waals surface area (Å²) in [5.74, 6) is 0. The molecule has 0 saturated heterocycles. The second-order valence-corrected chi connectivity index (χ2v) is 4.75. The Labute approximate surface area is 134 Å². The molecule has 3 rings (SSSR count). The number of hydrogen-bond donors (Lipinski definition) is 0. The van der Waals surface area contributed by atoms with E-state index in [1.807, 2.05) is 0 Å². The second kappa shape index (κ2) is 5.10. The fourth-order valence-corrected chi connectivity index (χ4v) is 2.41. The molecule has 0 aliphatic heterocycles. The van der Waals surface area contributed by atoms with Gasteiger partial charge in [-0.15, -0.1) is 0 Å². The smallest absolute Gasteiger partial charge is 0.288 e. The average molecular weight is 312 g/mol. The molecular formula is C16H4N6O2. The molecule has 8 heteroatoms. The Balaban J connectivity index is 2.63. The topological polar surface area (TPSA) is 107 Å². The molecule has 0 aliphatic carbocycles. The highest BCUT2D eigenvalue weighted by molar-refractivity contribution is 5.91. The zero-order valence-corrected chi connectivity index (χ0v) is 11.8. The molecule has 110 valence electrons. The quantitative estimate of drug-likeness (QED) is 0.361. The van der Waals surface area contributed by atoms with Crippen LogP contribution in [0.3, 0.4) is 0 Å². The third-order valence-electron chi connectivity index (χ3n) is 3.54. The van der Waals surface area contributed by atoms with E-state index in [4.69, 9.17) is 23.7 Å². The number of aromatic nitrogens is 2. The van der Waals surface area contributed by atoms with Gasteiger partial charge in [0.15, 0.2) is 5.69 Å². The van der Waals surface area contributed by atoms with Gasteiger partial charge in [-0.1, -0.05) is 0 Å². The van der Waals surface area contributed by atoms with Crippen LogP contribution in [-0.4, -0.2) is 4.73 Å². The average Bonchev–Trinajstić information content (AvgIpc) is 2.63. The second-order valence-electron chi connectivity index (χ2n) is 4.75. The van der Waals surface area contributed by atoms with Crippen LogP contribution in [0.15, 0.2) is 24.3 Å². The van der Waals surface area contributed by atoms with Crippen molar-refractivity contribution >= 4 is 33.4 Å². The first-order chi connectivity index (χ1) is 11.5. The first-order valence-electron chi connectivity index (χ1n) is 6.41. The van der Waals surface area contributed by atoms with Crippen LogP contribution in [0.2, 0.25) is 0 Å². The summed E-state index contributed by atoms with van der Waals surface area (Å²) in [4.78, 5) is 18.9. The van der Waals surface area contributed by atoms with E-state index in [1.54, 1.807) is 12.1 Å². The van der Waals surface area contributed by atoms with Gasteiger partial charge in [0, 0.05) is 17.0 Å². The highest BCUT2D eigenvalue weighted by atomic mass is 16.5. The Hall–Kier alpha value is -4.40. The van der Waals surface area contributed by atoms with E-state index >= 15 is 0 Å². The molecule has 0 amide bonds. The SMILES string of the molecule is [C-]#[N+]c1cc2c(cc1[N+]#[C-])[n+](=O)c1cc(C#N)c(C#N)cc1n2[O-]. The standard InChI is InChI=1S/C16H4N6O2/c1-19-11-5-15-16(6-12(11)20-2)22(24)14-4-10(8-18)9(7-17)3-13(14)21(15)23/h3-6H. The Morgan fingerprint density at radius 2 is 1.46 bits per heavy atom. The van der Waals surface area contributed by atoms with Gasteiger partial charge in [-0.3, -0.25) is 4.85 Å². The normalized spacial score (nSPS) is 9.83. The lowest BCUT2D eigenvalue weighted by Crippen LogP contribution is -2.20. The number of hydrogen-bond acceptors (Lipinski definition) is 4. The lowest BCUT2D eigenvalue weighted by atomic mass is 10.1. The minimum atomic E-state index is -0.0976. The van der Waals surface area contributed by atoms with Crippen molar-refractivity contribution < 1.29 is 4.43 Å². The first kappa shape index (κ1) is 14.5. The number of nitriles is 2. The van der Waals surface area contributed by atoms with Gasteiger partial charge in [-0.25, -0.2) is 4.85 Å². The summed E-state index contributed by atoms with van der Waals surface area (Å²) >= 11 is 0. The van der Waals surface area contributed by atoms with Gasteiger partial charge in [0.1, 0.15) is 23.2 Å². The van der Waals surface area contributed by atoms with Crippen molar-refractivity contribution in [1.29, 1.82) is 10.5 Å². The molecule has 24 heavy (non-hydrogen) atoms. The molecule has 0 unspecified atom stereocenters. The summed E-state index contributed by atoms with van der Waals surface area (Å²) in [5.41, 5.74) is -0.534. The van der Waals surface area contributed by atoms with E-state index in [2.05, 4.69) is 9.69 Å². The predicted octanol–water partition coefficient (Wildman–Crippen LogP) is 2.90. The van der Waals surface area contributed by atoms with Crippen molar-refractivity contribution in [2.45, 2.75) is 0 Å². The Morgan fingerprint density at radius 3 is 2.04 bits per heavy atom. The largest absolute Gasteiger partial charge is 0.805 e. The molecule has 0 aliphatic rings. The van der Waals surface area contributed by atoms with Crippen LogP contribution in [0.1, 0.15) is 11.1 Å². The zero-order chi connectivity index (χ0) is 17.4. The van der Waals surface area contributed by atoms with Gasteiger partial charge >= 0.3 is 0 Å². The minimum Gasteiger partial charge on any atom is -0.805 e. The summed E-state index contributed by atoms with van der Waals surface area (Å²) in [5, 5.41) is 30.7. The van der Waals surface area contributed by atoms with Crippen molar-refractivity contribution in [3.05, 3.63) is 68.3 Å². The van der Waals surface area contributed by atoms with Crippen LogP contribution in [0.5, 0.6) is 0 Å². The number of rotatable bonds is 0. The van der Waals surface area contributed by atoms with E-state index < -0.39 is 0 Å². The molecule has 0 radical (unpaired) electrons. The van der Waals surface area contributed by atoms with E-state index in [1.165, 1.54) is 12.1 Å². The monoisotopic (exact) mass is 312 g/mol. The van der Waals surface area contributed by atoms with Crippen molar-refractivity contribution in [2.24, 2.45) is 0 Å². The molecule has 0 saturated carbocycles. The molecule has 2 aromatic carbocycles. The maximum atomic E-state index is 12.6. The van der Waals surface area contributed by atoms with Crippen LogP contribution in [0, 0.1) is 45.9 Å². The van der Waals surface area contributed by atoms with Crippen molar-refractivity contribution in [3.63, 3.8) is 0 Å². The molecule has 0 fully saturated rings. The summed E-state index contributed by atoms with van der Waals surface area (Å²) in [7, 11) is 0. The fourth-order valence-electron chi connectivity index (χ4n) is 2.41. The van der Waals surface area contributed by atoms with Crippen LogP contribution in [0.25, 0.3) is 31.8 Å². The van der Waals surface area contributed by atoms with Crippen LogP contribution in [0.4, 0.5) is 11.4 Å². The number of benzene rings is 2. The maximum Gasteiger partial charge on any atom is 0.288 e. The molecule has 0 N–H and O–H groups in total. The third-order valence-corrected chi connectivity index (χ3v) is 3.54. The number of fused-ring (bicyclic) bond motifs is 2. The van der Waals surface area contributed by atoms with Crippen molar-refractivity contribution in [2.75, 3.05) is 0 Å². The van der Waals surface area contributed by atoms with Crippen molar-refractivity contribution in [1.82, 2.24) is 4.73 Å². The lowest BCUT2D eigenvalue weighted by Gasteiger charge is -2.15. The van der Waals surface area contributed by atoms with Gasteiger partial charge in [0.05, 0.1) is 28.7 Å².